The molecule has 0 heterocycles. The van der Waals surface area contributed by atoms with Gasteiger partial charge in [-0.3, -0.25) is 0 Å². The summed E-state index contributed by atoms with van der Waals surface area (Å²) in [5.74, 6) is 0. The molecule has 0 radical (unpaired) electrons. The van der Waals surface area contributed by atoms with Gasteiger partial charge in [-0.05, 0) is 36.7 Å². The molecule has 1 nitrogen and oxygen atoms in total. The predicted molar refractivity (Wildman–Crippen MR) is 67.5 cm³/mol. The van der Waals surface area contributed by atoms with E-state index in [1.807, 2.05) is 0 Å². The maximum atomic E-state index is 4.44. The highest BCUT2D eigenvalue weighted by Gasteiger charge is 2.29. The number of nitrogens with zero attached hydrogens (tertiary/aromatic N) is 1. The standard InChI is InChI=1S/C11H21NS2/c13-14-12(11-8-4-5-9-11)10-6-2-1-3-7-10/h10-11,13H,1-9H2. The van der Waals surface area contributed by atoms with Crippen molar-refractivity contribution < 1.29 is 0 Å². The Bertz CT molecular complexity index is 163. The van der Waals surface area contributed by atoms with Crippen molar-refractivity contribution >= 4 is 22.6 Å². The highest BCUT2D eigenvalue weighted by molar-refractivity contribution is 8.67. The average molecular weight is 231 g/mol. The van der Waals surface area contributed by atoms with E-state index in [0.29, 0.717) is 0 Å². The summed E-state index contributed by atoms with van der Waals surface area (Å²) in [6.07, 6.45) is 12.8. The largest absolute Gasteiger partial charge is 0.235 e. The van der Waals surface area contributed by atoms with E-state index in [2.05, 4.69) is 16.0 Å². The highest BCUT2D eigenvalue weighted by atomic mass is 33.1. The molecule has 2 aliphatic rings. The van der Waals surface area contributed by atoms with Gasteiger partial charge in [-0.25, -0.2) is 4.31 Å². The summed E-state index contributed by atoms with van der Waals surface area (Å²) in [5.41, 5.74) is 0. The molecule has 0 spiro atoms. The Morgan fingerprint density at radius 2 is 1.21 bits per heavy atom. The lowest BCUT2D eigenvalue weighted by molar-refractivity contribution is 0.223. The molecule has 82 valence electrons. The maximum absolute atomic E-state index is 4.44. The van der Waals surface area contributed by atoms with E-state index in [-0.39, 0.29) is 0 Å². The van der Waals surface area contributed by atoms with Gasteiger partial charge in [0, 0.05) is 12.1 Å². The van der Waals surface area contributed by atoms with E-state index in [1.54, 1.807) is 11.0 Å². The minimum absolute atomic E-state index is 0.828. The molecular formula is C11H21NS2. The first-order chi connectivity index (χ1) is 6.92. The van der Waals surface area contributed by atoms with Crippen molar-refractivity contribution in [2.75, 3.05) is 0 Å². The first kappa shape index (κ1) is 11.2. The summed E-state index contributed by atoms with van der Waals surface area (Å²) < 4.78 is 2.61. The summed E-state index contributed by atoms with van der Waals surface area (Å²) in [4.78, 5) is 0. The van der Waals surface area contributed by atoms with E-state index < -0.39 is 0 Å². The van der Waals surface area contributed by atoms with Crippen molar-refractivity contribution in [2.24, 2.45) is 0 Å². The van der Waals surface area contributed by atoms with E-state index in [4.69, 9.17) is 0 Å². The summed E-state index contributed by atoms with van der Waals surface area (Å²) in [7, 11) is 1.70. The molecule has 0 aromatic rings. The summed E-state index contributed by atoms with van der Waals surface area (Å²) in [6, 6.07) is 1.66. The first-order valence-electron chi connectivity index (χ1n) is 6.01. The van der Waals surface area contributed by atoms with Crippen LogP contribution in [0.2, 0.25) is 0 Å². The normalized spacial score (nSPS) is 26.1. The Kier molecular flexibility index (Phi) is 4.51. The summed E-state index contributed by atoms with van der Waals surface area (Å²) in [6.45, 7) is 0. The molecule has 0 atom stereocenters. The van der Waals surface area contributed by atoms with Crippen LogP contribution in [0.1, 0.15) is 57.8 Å². The summed E-state index contributed by atoms with van der Waals surface area (Å²) >= 11 is 4.44. The van der Waals surface area contributed by atoms with Crippen LogP contribution in [0.5, 0.6) is 0 Å². The fourth-order valence-corrected chi connectivity index (χ4v) is 4.41. The minimum atomic E-state index is 0.828. The molecule has 0 aromatic carbocycles. The number of thiol groups is 1. The number of hydrogen-bond acceptors (Lipinski definition) is 3. The molecule has 0 aromatic heterocycles. The third-order valence-corrected chi connectivity index (χ3v) is 5.06. The van der Waals surface area contributed by atoms with Crippen LogP contribution in [0.15, 0.2) is 0 Å². The van der Waals surface area contributed by atoms with Crippen molar-refractivity contribution in [1.29, 1.82) is 0 Å². The Labute approximate surface area is 97.0 Å². The van der Waals surface area contributed by atoms with Gasteiger partial charge in [-0.15, -0.1) is 0 Å². The Balaban J connectivity index is 1.89. The zero-order chi connectivity index (χ0) is 9.80. The van der Waals surface area contributed by atoms with Gasteiger partial charge in [-0.2, -0.15) is 0 Å². The second kappa shape index (κ2) is 5.66. The van der Waals surface area contributed by atoms with E-state index in [9.17, 15) is 0 Å². The molecule has 2 saturated carbocycles. The summed E-state index contributed by atoms with van der Waals surface area (Å²) in [5, 5.41) is 0. The van der Waals surface area contributed by atoms with Crippen molar-refractivity contribution in [3.63, 3.8) is 0 Å². The number of hydrogen-bond donors (Lipinski definition) is 1. The fourth-order valence-electron chi connectivity index (χ4n) is 2.93. The molecule has 3 heteroatoms. The van der Waals surface area contributed by atoms with Crippen molar-refractivity contribution in [3.05, 3.63) is 0 Å². The van der Waals surface area contributed by atoms with Crippen LogP contribution in [0.25, 0.3) is 0 Å². The zero-order valence-electron chi connectivity index (χ0n) is 8.82. The second-order valence-electron chi connectivity index (χ2n) is 4.67. The molecule has 0 amide bonds. The van der Waals surface area contributed by atoms with Gasteiger partial charge >= 0.3 is 0 Å². The highest BCUT2D eigenvalue weighted by Crippen LogP contribution is 2.36. The smallest absolute Gasteiger partial charge is 0.0213 e. The van der Waals surface area contributed by atoms with Crippen LogP contribution in [0.3, 0.4) is 0 Å². The Morgan fingerprint density at radius 1 is 0.786 bits per heavy atom. The molecule has 2 rings (SSSR count). The van der Waals surface area contributed by atoms with Crippen LogP contribution in [0, 0.1) is 0 Å². The SMILES string of the molecule is SSN(C1CCCCC1)C1CCCC1. The zero-order valence-corrected chi connectivity index (χ0v) is 10.5. The average Bonchev–Trinajstić information content (AvgIpc) is 2.74. The molecule has 0 N–H and O–H groups in total. The topological polar surface area (TPSA) is 3.24 Å². The van der Waals surface area contributed by atoms with Crippen LogP contribution in [-0.2, 0) is 0 Å². The molecule has 14 heavy (non-hydrogen) atoms. The molecule has 0 saturated heterocycles. The van der Waals surface area contributed by atoms with Crippen molar-refractivity contribution in [3.8, 4) is 0 Å². The Morgan fingerprint density at radius 3 is 1.64 bits per heavy atom. The van der Waals surface area contributed by atoms with Crippen LogP contribution in [-0.4, -0.2) is 16.4 Å². The van der Waals surface area contributed by atoms with Gasteiger partial charge in [0.2, 0.25) is 0 Å². The Hall–Kier alpha value is 0.660. The molecule has 0 bridgehead atoms. The van der Waals surface area contributed by atoms with Gasteiger partial charge in [0.15, 0.2) is 0 Å². The van der Waals surface area contributed by atoms with E-state index in [1.165, 1.54) is 57.8 Å². The molecule has 0 aliphatic heterocycles. The minimum Gasteiger partial charge on any atom is -0.235 e. The fraction of sp³-hybridized carbons (Fsp3) is 1.00. The third kappa shape index (κ3) is 2.61. The van der Waals surface area contributed by atoms with Crippen LogP contribution >= 0.6 is 22.6 Å². The van der Waals surface area contributed by atoms with Gasteiger partial charge in [0.25, 0.3) is 0 Å². The lowest BCUT2D eigenvalue weighted by Crippen LogP contribution is -2.37. The monoisotopic (exact) mass is 231 g/mol. The third-order valence-electron chi connectivity index (χ3n) is 3.71. The van der Waals surface area contributed by atoms with Crippen molar-refractivity contribution in [2.45, 2.75) is 69.9 Å². The van der Waals surface area contributed by atoms with Gasteiger partial charge < -0.3 is 0 Å². The van der Waals surface area contributed by atoms with Gasteiger partial charge in [0.05, 0.1) is 0 Å². The second-order valence-corrected chi connectivity index (χ2v) is 5.75. The van der Waals surface area contributed by atoms with Gasteiger partial charge in [-0.1, -0.05) is 43.8 Å². The lowest BCUT2D eigenvalue weighted by atomic mass is 9.94. The molecule has 2 fully saturated rings. The first-order valence-corrected chi connectivity index (χ1v) is 7.84. The lowest BCUT2D eigenvalue weighted by Gasteiger charge is -2.35. The van der Waals surface area contributed by atoms with Crippen LogP contribution < -0.4 is 0 Å². The molecule has 2 aliphatic carbocycles. The van der Waals surface area contributed by atoms with Gasteiger partial charge in [0.1, 0.15) is 0 Å². The maximum Gasteiger partial charge on any atom is 0.0213 e. The van der Waals surface area contributed by atoms with Crippen molar-refractivity contribution in [1.82, 2.24) is 4.31 Å². The van der Waals surface area contributed by atoms with E-state index >= 15 is 0 Å². The number of rotatable bonds is 3. The van der Waals surface area contributed by atoms with Crippen LogP contribution in [0.4, 0.5) is 0 Å². The molecule has 0 unspecified atom stereocenters. The molecular weight excluding hydrogens is 210 g/mol. The predicted octanol–water partition coefficient (Wildman–Crippen LogP) is 4.06. The quantitative estimate of drug-likeness (QED) is 0.443. The van der Waals surface area contributed by atoms with E-state index in [0.717, 1.165) is 12.1 Å².